The average molecular weight is 536 g/mol. The number of furan rings is 1. The molecule has 194 valence electrons. The highest BCUT2D eigenvalue weighted by molar-refractivity contribution is 6.18. The minimum atomic E-state index is 0.857. The summed E-state index contributed by atoms with van der Waals surface area (Å²) in [6, 6.07) is 44.7. The lowest BCUT2D eigenvalue weighted by Crippen LogP contribution is -2.02. The molecule has 10 rings (SSSR count). The summed E-state index contributed by atoms with van der Waals surface area (Å²) in [4.78, 5) is 10.5. The van der Waals surface area contributed by atoms with Gasteiger partial charge in [-0.3, -0.25) is 4.57 Å². The fourth-order valence-electron chi connectivity index (χ4n) is 6.94. The lowest BCUT2D eigenvalue weighted by Gasteiger charge is -2.12. The van der Waals surface area contributed by atoms with E-state index in [-0.39, 0.29) is 0 Å². The minimum Gasteiger partial charge on any atom is -0.456 e. The molecule has 0 saturated carbocycles. The van der Waals surface area contributed by atoms with Gasteiger partial charge in [-0.15, -0.1) is 0 Å². The monoisotopic (exact) mass is 535 g/mol. The fraction of sp³-hybridized carbons (Fsp3) is 0. The molecule has 6 aromatic carbocycles. The number of benzene rings is 6. The predicted octanol–water partition coefficient (Wildman–Crippen LogP) is 9.94. The smallest absolute Gasteiger partial charge is 0.165 e. The molecule has 0 radical (unpaired) electrons. The van der Waals surface area contributed by atoms with E-state index < -0.39 is 0 Å². The van der Waals surface area contributed by atoms with Gasteiger partial charge in [-0.25, -0.2) is 9.97 Å². The van der Waals surface area contributed by atoms with Crippen molar-refractivity contribution in [3.63, 3.8) is 0 Å². The molecule has 3 aromatic heterocycles. The molecular weight excluding hydrogens is 514 g/mol. The summed E-state index contributed by atoms with van der Waals surface area (Å²) in [5, 5.41) is 4.67. The van der Waals surface area contributed by atoms with Crippen LogP contribution in [0.2, 0.25) is 0 Å². The molecule has 9 aromatic rings. The van der Waals surface area contributed by atoms with Crippen molar-refractivity contribution in [3.8, 4) is 39.3 Å². The van der Waals surface area contributed by atoms with Gasteiger partial charge in [0.2, 0.25) is 0 Å². The first-order valence-electron chi connectivity index (χ1n) is 14.2. The van der Waals surface area contributed by atoms with Gasteiger partial charge < -0.3 is 4.42 Å². The van der Waals surface area contributed by atoms with Crippen molar-refractivity contribution in [3.05, 3.63) is 127 Å². The summed E-state index contributed by atoms with van der Waals surface area (Å²) in [6.07, 6.45) is 0. The normalized spacial score (nSPS) is 12.3. The van der Waals surface area contributed by atoms with Gasteiger partial charge in [-0.2, -0.15) is 0 Å². The van der Waals surface area contributed by atoms with E-state index in [1.54, 1.807) is 0 Å². The Labute approximate surface area is 240 Å². The quantitative estimate of drug-likeness (QED) is 0.210. The Morgan fingerprint density at radius 1 is 0.500 bits per heavy atom. The van der Waals surface area contributed by atoms with Gasteiger partial charge in [0.05, 0.1) is 22.1 Å². The maximum absolute atomic E-state index is 6.24. The van der Waals surface area contributed by atoms with Crippen LogP contribution in [0.3, 0.4) is 0 Å². The van der Waals surface area contributed by atoms with E-state index in [1.165, 1.54) is 21.9 Å². The highest BCUT2D eigenvalue weighted by atomic mass is 16.3. The number of rotatable bonds is 1. The summed E-state index contributed by atoms with van der Waals surface area (Å²) in [5.41, 5.74) is 12.5. The average Bonchev–Trinajstić information content (AvgIpc) is 3.56. The summed E-state index contributed by atoms with van der Waals surface area (Å²) < 4.78 is 8.58. The van der Waals surface area contributed by atoms with E-state index >= 15 is 0 Å². The van der Waals surface area contributed by atoms with E-state index in [0.29, 0.717) is 0 Å². The standard InChI is InChI=1S/C38H21N3O/c1-2-10-26-24(9-1)27-13-7-14-28-25-20-19-22(23-12-8-18-34-35(23)29-11-3-6-17-33(29)42-34)21-32(25)41(37(27)28)38-36(26)39-30-15-4-5-16-31(30)40-38/h1-21H. The van der Waals surface area contributed by atoms with E-state index in [2.05, 4.69) is 95.6 Å². The van der Waals surface area contributed by atoms with Crippen molar-refractivity contribution < 1.29 is 4.42 Å². The SMILES string of the molecule is c1ccc2c(c1)-c1nc3ccccc3nc1-n1c3cc(-c4cccc5oc6ccccc6c45)ccc3c3cccc-2c31. The second-order valence-electron chi connectivity index (χ2n) is 11.0. The Morgan fingerprint density at radius 3 is 2.12 bits per heavy atom. The molecule has 0 atom stereocenters. The first-order valence-corrected chi connectivity index (χ1v) is 14.2. The minimum absolute atomic E-state index is 0.857. The van der Waals surface area contributed by atoms with Crippen molar-refractivity contribution in [1.29, 1.82) is 0 Å². The Morgan fingerprint density at radius 2 is 1.19 bits per heavy atom. The largest absolute Gasteiger partial charge is 0.456 e. The summed E-state index contributed by atoms with van der Waals surface area (Å²) in [7, 11) is 0. The molecule has 0 bridgehead atoms. The predicted molar refractivity (Wildman–Crippen MR) is 171 cm³/mol. The van der Waals surface area contributed by atoms with Crippen molar-refractivity contribution in [2.24, 2.45) is 0 Å². The number of hydrogen-bond acceptors (Lipinski definition) is 3. The van der Waals surface area contributed by atoms with Gasteiger partial charge in [0.25, 0.3) is 0 Å². The Kier molecular flexibility index (Phi) is 4.15. The van der Waals surface area contributed by atoms with E-state index in [0.717, 1.165) is 72.2 Å². The summed E-state index contributed by atoms with van der Waals surface area (Å²) in [5.74, 6) is 0.857. The third-order valence-corrected chi connectivity index (χ3v) is 8.74. The van der Waals surface area contributed by atoms with Crippen molar-refractivity contribution in [1.82, 2.24) is 14.5 Å². The maximum Gasteiger partial charge on any atom is 0.165 e. The Bertz CT molecular complexity index is 2590. The second-order valence-corrected chi connectivity index (χ2v) is 11.0. The third-order valence-electron chi connectivity index (χ3n) is 8.74. The third kappa shape index (κ3) is 2.80. The van der Waals surface area contributed by atoms with Gasteiger partial charge in [0, 0.05) is 32.7 Å². The second kappa shape index (κ2) is 7.93. The first-order chi connectivity index (χ1) is 20.8. The summed E-state index contributed by atoms with van der Waals surface area (Å²) in [6.45, 7) is 0. The first kappa shape index (κ1) is 22.0. The zero-order chi connectivity index (χ0) is 27.4. The Balaban J connectivity index is 1.37. The molecule has 42 heavy (non-hydrogen) atoms. The zero-order valence-corrected chi connectivity index (χ0v) is 22.4. The van der Waals surface area contributed by atoms with Crippen LogP contribution in [0, 0.1) is 0 Å². The molecule has 1 aliphatic heterocycles. The molecule has 1 aliphatic rings. The van der Waals surface area contributed by atoms with E-state index in [1.807, 2.05) is 36.4 Å². The van der Waals surface area contributed by atoms with Crippen molar-refractivity contribution in [2.75, 3.05) is 0 Å². The highest BCUT2D eigenvalue weighted by Crippen LogP contribution is 2.47. The van der Waals surface area contributed by atoms with E-state index in [9.17, 15) is 0 Å². The number of para-hydroxylation sites is 4. The molecule has 0 saturated heterocycles. The van der Waals surface area contributed by atoms with Crippen molar-refractivity contribution in [2.45, 2.75) is 0 Å². The highest BCUT2D eigenvalue weighted by Gasteiger charge is 2.27. The molecule has 4 heterocycles. The van der Waals surface area contributed by atoms with Crippen LogP contribution in [0.4, 0.5) is 0 Å². The lowest BCUT2D eigenvalue weighted by atomic mass is 9.95. The van der Waals surface area contributed by atoms with Crippen LogP contribution in [0.1, 0.15) is 0 Å². The van der Waals surface area contributed by atoms with Crippen LogP contribution < -0.4 is 0 Å². The zero-order valence-electron chi connectivity index (χ0n) is 22.4. The molecule has 4 nitrogen and oxygen atoms in total. The summed E-state index contributed by atoms with van der Waals surface area (Å²) >= 11 is 0. The molecule has 4 heteroatoms. The molecular formula is C38H21N3O. The molecule has 0 unspecified atom stereocenters. The number of aromatic nitrogens is 3. The van der Waals surface area contributed by atoms with Gasteiger partial charge in [0.15, 0.2) is 5.82 Å². The van der Waals surface area contributed by atoms with Gasteiger partial charge in [-0.1, -0.05) is 97.1 Å². The Hall–Kier alpha value is -5.74. The van der Waals surface area contributed by atoms with Gasteiger partial charge >= 0.3 is 0 Å². The van der Waals surface area contributed by atoms with Crippen LogP contribution in [0.5, 0.6) is 0 Å². The molecule has 0 aliphatic carbocycles. The lowest BCUT2D eigenvalue weighted by molar-refractivity contribution is 0.669. The van der Waals surface area contributed by atoms with Gasteiger partial charge in [-0.05, 0) is 47.0 Å². The fourth-order valence-corrected chi connectivity index (χ4v) is 6.94. The number of hydrogen-bond donors (Lipinski definition) is 0. The maximum atomic E-state index is 6.24. The number of nitrogens with zero attached hydrogens (tertiary/aromatic N) is 3. The van der Waals surface area contributed by atoms with Crippen LogP contribution >= 0.6 is 0 Å². The molecule has 0 fully saturated rings. The molecule has 0 N–H and O–H groups in total. The topological polar surface area (TPSA) is 43.9 Å². The van der Waals surface area contributed by atoms with Crippen LogP contribution in [0.25, 0.3) is 94.1 Å². The van der Waals surface area contributed by atoms with Crippen LogP contribution in [-0.2, 0) is 0 Å². The van der Waals surface area contributed by atoms with Crippen molar-refractivity contribution >= 4 is 54.8 Å². The van der Waals surface area contributed by atoms with E-state index in [4.69, 9.17) is 14.4 Å². The van der Waals surface area contributed by atoms with Gasteiger partial charge in [0.1, 0.15) is 16.9 Å². The van der Waals surface area contributed by atoms with Crippen LogP contribution in [-0.4, -0.2) is 14.5 Å². The number of fused-ring (bicyclic) bond motifs is 12. The van der Waals surface area contributed by atoms with Crippen LogP contribution in [0.15, 0.2) is 132 Å². The molecule has 0 amide bonds. The molecule has 0 spiro atoms.